The first kappa shape index (κ1) is 18.1. The van der Waals surface area contributed by atoms with Gasteiger partial charge in [-0.05, 0) is 42.5 Å². The average molecular weight is 372 g/mol. The Kier molecular flexibility index (Phi) is 5.37. The second kappa shape index (κ2) is 7.70. The molecule has 1 aromatic carbocycles. The highest BCUT2D eigenvalue weighted by Gasteiger charge is 2.22. The second-order valence-electron chi connectivity index (χ2n) is 6.34. The van der Waals surface area contributed by atoms with Crippen LogP contribution in [0.1, 0.15) is 39.2 Å². The number of nitrogens with one attached hydrogen (secondary N) is 1. The largest absolute Gasteiger partial charge is 0.478 e. The summed E-state index contributed by atoms with van der Waals surface area (Å²) in [7, 11) is 0. The van der Waals surface area contributed by atoms with E-state index in [4.69, 9.17) is 0 Å². The molecule has 0 atom stereocenters. The third-order valence-corrected chi connectivity index (χ3v) is 5.43. The van der Waals surface area contributed by atoms with Crippen LogP contribution in [-0.4, -0.2) is 34.3 Å². The molecule has 1 aromatic heterocycles. The number of nitrogens with zero attached hydrogens (tertiary/aromatic N) is 1. The predicted octanol–water partition coefficient (Wildman–Crippen LogP) is 3.06. The van der Waals surface area contributed by atoms with Crippen LogP contribution in [0.2, 0.25) is 0 Å². The van der Waals surface area contributed by atoms with E-state index in [2.05, 4.69) is 5.32 Å². The van der Waals surface area contributed by atoms with Gasteiger partial charge in [-0.3, -0.25) is 9.59 Å². The van der Waals surface area contributed by atoms with Gasteiger partial charge in [-0.25, -0.2) is 4.79 Å². The summed E-state index contributed by atoms with van der Waals surface area (Å²) in [5.74, 6) is -1.52. The van der Waals surface area contributed by atoms with E-state index in [9.17, 15) is 19.5 Å². The minimum absolute atomic E-state index is 0.0266. The number of carboxylic acids is 1. The van der Waals surface area contributed by atoms with Gasteiger partial charge in [0.25, 0.3) is 0 Å². The average Bonchev–Trinajstić information content (AvgIpc) is 3.08. The molecule has 0 aliphatic carbocycles. The molecule has 0 bridgehead atoms. The highest BCUT2D eigenvalue weighted by atomic mass is 32.1. The molecule has 2 heterocycles. The Morgan fingerprint density at radius 3 is 2.81 bits per heavy atom. The number of aryl methyl sites for hydroxylation is 1. The molecule has 6 nitrogen and oxygen atoms in total. The van der Waals surface area contributed by atoms with Gasteiger partial charge in [-0.15, -0.1) is 11.3 Å². The third kappa shape index (κ3) is 4.11. The van der Waals surface area contributed by atoms with Gasteiger partial charge in [-0.2, -0.15) is 0 Å². The second-order valence-corrected chi connectivity index (χ2v) is 7.34. The monoisotopic (exact) mass is 372 g/mol. The normalized spacial score (nSPS) is 13.2. The summed E-state index contributed by atoms with van der Waals surface area (Å²) in [6.07, 6.45) is 0.995. The smallest absolute Gasteiger partial charge is 0.337 e. The third-order valence-electron chi connectivity index (χ3n) is 4.41. The first-order chi connectivity index (χ1) is 12.4. The minimum Gasteiger partial charge on any atom is -0.478 e. The van der Waals surface area contributed by atoms with Crippen molar-refractivity contribution >= 4 is 34.8 Å². The predicted molar refractivity (Wildman–Crippen MR) is 99.4 cm³/mol. The molecule has 0 spiro atoms. The van der Waals surface area contributed by atoms with Crippen LogP contribution in [0.5, 0.6) is 0 Å². The van der Waals surface area contributed by atoms with Crippen LogP contribution >= 0.6 is 11.3 Å². The number of hydrogen-bond donors (Lipinski definition) is 2. The lowest BCUT2D eigenvalue weighted by molar-refractivity contribution is -0.133. The molecule has 7 heteroatoms. The van der Waals surface area contributed by atoms with E-state index in [0.29, 0.717) is 13.1 Å². The van der Waals surface area contributed by atoms with Crippen LogP contribution in [0.4, 0.5) is 5.69 Å². The summed E-state index contributed by atoms with van der Waals surface area (Å²) in [4.78, 5) is 38.9. The molecule has 2 N–H and O–H groups in total. The van der Waals surface area contributed by atoms with Crippen molar-refractivity contribution in [2.24, 2.45) is 0 Å². The Morgan fingerprint density at radius 1 is 1.23 bits per heavy atom. The van der Waals surface area contributed by atoms with Crippen molar-refractivity contribution in [3.8, 4) is 0 Å². The highest BCUT2D eigenvalue weighted by Crippen LogP contribution is 2.24. The molecule has 0 fully saturated rings. The number of aromatic carboxylic acids is 1. The van der Waals surface area contributed by atoms with E-state index in [1.807, 2.05) is 11.4 Å². The molecule has 0 unspecified atom stereocenters. The first-order valence-corrected chi connectivity index (χ1v) is 9.29. The zero-order valence-corrected chi connectivity index (χ0v) is 15.3. The van der Waals surface area contributed by atoms with Crippen LogP contribution in [0, 0.1) is 6.92 Å². The van der Waals surface area contributed by atoms with E-state index >= 15 is 0 Å². The highest BCUT2D eigenvalue weighted by molar-refractivity contribution is 7.10. The van der Waals surface area contributed by atoms with Gasteiger partial charge in [0, 0.05) is 30.8 Å². The quantitative estimate of drug-likeness (QED) is 0.844. The van der Waals surface area contributed by atoms with Crippen LogP contribution in [0.15, 0.2) is 29.6 Å². The van der Waals surface area contributed by atoms with E-state index in [0.717, 1.165) is 12.0 Å². The maximum Gasteiger partial charge on any atom is 0.337 e. The Bertz CT molecular complexity index is 859. The number of amides is 2. The number of carbonyl (C=O) groups is 3. The van der Waals surface area contributed by atoms with Gasteiger partial charge in [-0.1, -0.05) is 11.6 Å². The van der Waals surface area contributed by atoms with Crippen molar-refractivity contribution in [3.63, 3.8) is 0 Å². The van der Waals surface area contributed by atoms with Gasteiger partial charge in [0.05, 0.1) is 11.3 Å². The van der Waals surface area contributed by atoms with Crippen molar-refractivity contribution in [2.45, 2.75) is 32.7 Å². The molecule has 0 radical (unpaired) electrons. The van der Waals surface area contributed by atoms with Crippen LogP contribution < -0.4 is 5.32 Å². The molecule has 2 amide bonds. The Morgan fingerprint density at radius 2 is 2.04 bits per heavy atom. The van der Waals surface area contributed by atoms with Crippen LogP contribution in [-0.2, 0) is 22.6 Å². The van der Waals surface area contributed by atoms with Crippen molar-refractivity contribution in [1.29, 1.82) is 0 Å². The standard InChI is InChI=1S/C19H20N2O4S/c1-12-2-3-15(14(10-12)19(24)25)20-17(22)4-5-18(23)21-8-6-16-13(11-21)7-9-26-16/h2-3,7,9-10H,4-6,8,11H2,1H3,(H,20,22)(H,24,25). The van der Waals surface area contributed by atoms with Crippen LogP contribution in [0.3, 0.4) is 0 Å². The molecule has 0 saturated heterocycles. The van der Waals surface area contributed by atoms with Crippen molar-refractivity contribution in [2.75, 3.05) is 11.9 Å². The lowest BCUT2D eigenvalue weighted by Crippen LogP contribution is -2.35. The number of benzene rings is 1. The van der Waals surface area contributed by atoms with Gasteiger partial charge in [0.2, 0.25) is 11.8 Å². The fourth-order valence-electron chi connectivity index (χ4n) is 3.00. The van der Waals surface area contributed by atoms with Crippen molar-refractivity contribution < 1.29 is 19.5 Å². The van der Waals surface area contributed by atoms with Crippen molar-refractivity contribution in [3.05, 3.63) is 51.2 Å². The number of thiophene rings is 1. The molecule has 3 rings (SSSR count). The summed E-state index contributed by atoms with van der Waals surface area (Å²) in [6.45, 7) is 3.06. The summed E-state index contributed by atoms with van der Waals surface area (Å²) in [5.41, 5.74) is 2.28. The number of fused-ring (bicyclic) bond motifs is 1. The lowest BCUT2D eigenvalue weighted by atomic mass is 10.1. The number of carbonyl (C=O) groups excluding carboxylic acids is 2. The summed E-state index contributed by atoms with van der Waals surface area (Å²) < 4.78 is 0. The maximum absolute atomic E-state index is 12.4. The summed E-state index contributed by atoms with van der Waals surface area (Å²) in [6, 6.07) is 6.85. The van der Waals surface area contributed by atoms with Crippen molar-refractivity contribution in [1.82, 2.24) is 4.90 Å². The van der Waals surface area contributed by atoms with E-state index in [1.165, 1.54) is 16.5 Å². The Labute approximate surface area is 155 Å². The zero-order valence-electron chi connectivity index (χ0n) is 14.4. The molecule has 2 aromatic rings. The molecule has 26 heavy (non-hydrogen) atoms. The summed E-state index contributed by atoms with van der Waals surface area (Å²) >= 11 is 1.71. The topological polar surface area (TPSA) is 86.7 Å². The Hall–Kier alpha value is -2.67. The molecular weight excluding hydrogens is 352 g/mol. The van der Waals surface area contributed by atoms with Gasteiger partial charge >= 0.3 is 5.97 Å². The number of anilines is 1. The Balaban J connectivity index is 1.55. The molecular formula is C19H20N2O4S. The number of carboxylic acid groups (broad SMARTS) is 1. The molecule has 1 aliphatic heterocycles. The fourth-order valence-corrected chi connectivity index (χ4v) is 3.89. The van der Waals surface area contributed by atoms with Gasteiger partial charge < -0.3 is 15.3 Å². The van der Waals surface area contributed by atoms with E-state index in [1.54, 1.807) is 35.3 Å². The SMILES string of the molecule is Cc1ccc(NC(=O)CCC(=O)N2CCc3sccc3C2)c(C(=O)O)c1. The lowest BCUT2D eigenvalue weighted by Gasteiger charge is -2.27. The van der Waals surface area contributed by atoms with Gasteiger partial charge in [0.15, 0.2) is 0 Å². The first-order valence-electron chi connectivity index (χ1n) is 8.41. The zero-order chi connectivity index (χ0) is 18.7. The van der Waals surface area contributed by atoms with Crippen LogP contribution in [0.25, 0.3) is 0 Å². The summed E-state index contributed by atoms with van der Waals surface area (Å²) in [5, 5.41) is 13.9. The fraction of sp³-hybridized carbons (Fsp3) is 0.316. The molecule has 1 aliphatic rings. The number of hydrogen-bond acceptors (Lipinski definition) is 4. The minimum atomic E-state index is -1.10. The van der Waals surface area contributed by atoms with E-state index < -0.39 is 5.97 Å². The van der Waals surface area contributed by atoms with E-state index in [-0.39, 0.29) is 35.9 Å². The maximum atomic E-state index is 12.4. The molecule has 136 valence electrons. The van der Waals surface area contributed by atoms with Gasteiger partial charge in [0.1, 0.15) is 0 Å². The molecule has 0 saturated carbocycles. The number of rotatable bonds is 5.